The van der Waals surface area contributed by atoms with E-state index >= 15 is 0 Å². The Kier molecular flexibility index (Phi) is 8.08. The summed E-state index contributed by atoms with van der Waals surface area (Å²) < 4.78 is 5.11. The molecule has 128 valence electrons. The van der Waals surface area contributed by atoms with Crippen LogP contribution in [-0.2, 0) is 19.1 Å². The highest BCUT2D eigenvalue weighted by molar-refractivity contribution is 5.91. The molecule has 0 unspecified atom stereocenters. The molecule has 7 nitrogen and oxygen atoms in total. The van der Waals surface area contributed by atoms with Crippen molar-refractivity contribution in [3.63, 3.8) is 0 Å². The van der Waals surface area contributed by atoms with E-state index in [9.17, 15) is 14.4 Å². The molecule has 2 atom stereocenters. The summed E-state index contributed by atoms with van der Waals surface area (Å²) in [7, 11) is 0. The molecule has 0 aliphatic carbocycles. The maximum absolute atomic E-state index is 12.1. The molecule has 0 radical (unpaired) electrons. The van der Waals surface area contributed by atoms with Crippen LogP contribution in [0.15, 0.2) is 0 Å². The standard InChI is InChI=1S/C15H29N3O4/c1-9(2)7-11(18-13(20)10(3)16)14(21)17-8-12(19)22-15(4,5)6/h9-11H,7-8,16H2,1-6H3,(H,17,21)(H,18,20)/t10-,11-/m0/s1. The second-order valence-corrected chi connectivity index (χ2v) is 6.78. The third-order valence-corrected chi connectivity index (χ3v) is 2.58. The van der Waals surface area contributed by atoms with Crippen LogP contribution in [0.3, 0.4) is 0 Å². The Labute approximate surface area is 132 Å². The largest absolute Gasteiger partial charge is 0.459 e. The van der Waals surface area contributed by atoms with E-state index in [0.717, 1.165) is 0 Å². The van der Waals surface area contributed by atoms with Gasteiger partial charge in [-0.05, 0) is 40.0 Å². The minimum atomic E-state index is -0.721. The lowest BCUT2D eigenvalue weighted by Crippen LogP contribution is -2.52. The van der Waals surface area contributed by atoms with Gasteiger partial charge in [-0.25, -0.2) is 0 Å². The SMILES string of the molecule is CC(C)C[C@H](NC(=O)[C@H](C)N)C(=O)NCC(=O)OC(C)(C)C. The second kappa shape index (κ2) is 8.73. The maximum Gasteiger partial charge on any atom is 0.325 e. The summed E-state index contributed by atoms with van der Waals surface area (Å²) in [6.07, 6.45) is 0.457. The van der Waals surface area contributed by atoms with E-state index in [1.807, 2.05) is 13.8 Å². The van der Waals surface area contributed by atoms with Crippen LogP contribution >= 0.6 is 0 Å². The number of carbonyl (C=O) groups is 3. The Hall–Kier alpha value is -1.63. The Balaban J connectivity index is 4.57. The third-order valence-electron chi connectivity index (χ3n) is 2.58. The molecule has 0 aliphatic rings. The number of amides is 2. The maximum atomic E-state index is 12.1. The van der Waals surface area contributed by atoms with Crippen molar-refractivity contribution >= 4 is 17.8 Å². The summed E-state index contributed by atoms with van der Waals surface area (Å²) in [4.78, 5) is 35.4. The zero-order valence-electron chi connectivity index (χ0n) is 14.4. The number of hydrogen-bond donors (Lipinski definition) is 3. The van der Waals surface area contributed by atoms with Gasteiger partial charge in [-0.3, -0.25) is 14.4 Å². The van der Waals surface area contributed by atoms with E-state index in [2.05, 4.69) is 10.6 Å². The van der Waals surface area contributed by atoms with Crippen LogP contribution in [0.5, 0.6) is 0 Å². The van der Waals surface area contributed by atoms with Crippen molar-refractivity contribution in [1.82, 2.24) is 10.6 Å². The Morgan fingerprint density at radius 1 is 1.09 bits per heavy atom. The van der Waals surface area contributed by atoms with Gasteiger partial charge in [-0.2, -0.15) is 0 Å². The number of rotatable bonds is 7. The molecule has 0 heterocycles. The van der Waals surface area contributed by atoms with Crippen LogP contribution in [0.4, 0.5) is 0 Å². The van der Waals surface area contributed by atoms with E-state index in [1.165, 1.54) is 0 Å². The van der Waals surface area contributed by atoms with Gasteiger partial charge >= 0.3 is 5.97 Å². The fraction of sp³-hybridized carbons (Fsp3) is 0.800. The second-order valence-electron chi connectivity index (χ2n) is 6.78. The molecule has 2 amide bonds. The van der Waals surface area contributed by atoms with Crippen LogP contribution in [0.25, 0.3) is 0 Å². The Morgan fingerprint density at radius 3 is 2.05 bits per heavy atom. The molecule has 0 aliphatic heterocycles. The molecular weight excluding hydrogens is 286 g/mol. The molecule has 0 rings (SSSR count). The zero-order chi connectivity index (χ0) is 17.5. The van der Waals surface area contributed by atoms with Crippen molar-refractivity contribution in [3.8, 4) is 0 Å². The number of ether oxygens (including phenoxy) is 1. The molecule has 4 N–H and O–H groups in total. The van der Waals surface area contributed by atoms with E-state index in [-0.39, 0.29) is 12.5 Å². The van der Waals surface area contributed by atoms with Crippen molar-refractivity contribution in [2.45, 2.75) is 65.6 Å². The monoisotopic (exact) mass is 315 g/mol. The van der Waals surface area contributed by atoms with Gasteiger partial charge in [0, 0.05) is 0 Å². The summed E-state index contributed by atoms with van der Waals surface area (Å²) in [5.74, 6) is -1.15. The minimum absolute atomic E-state index is 0.200. The summed E-state index contributed by atoms with van der Waals surface area (Å²) in [5, 5.41) is 5.08. The molecule has 7 heteroatoms. The summed E-state index contributed by atoms with van der Waals surface area (Å²) in [6, 6.07) is -1.42. The topological polar surface area (TPSA) is 111 Å². The van der Waals surface area contributed by atoms with Crippen molar-refractivity contribution < 1.29 is 19.1 Å². The van der Waals surface area contributed by atoms with Gasteiger partial charge in [0.2, 0.25) is 11.8 Å². The minimum Gasteiger partial charge on any atom is -0.459 e. The number of nitrogens with two attached hydrogens (primary N) is 1. The first-order valence-electron chi connectivity index (χ1n) is 7.48. The lowest BCUT2D eigenvalue weighted by molar-refractivity contribution is -0.154. The first-order chi connectivity index (χ1) is 9.92. The number of hydrogen-bond acceptors (Lipinski definition) is 5. The van der Waals surface area contributed by atoms with Crippen molar-refractivity contribution in [2.75, 3.05) is 6.54 Å². The lowest BCUT2D eigenvalue weighted by atomic mass is 10.0. The lowest BCUT2D eigenvalue weighted by Gasteiger charge is -2.22. The third kappa shape index (κ3) is 9.33. The fourth-order valence-corrected chi connectivity index (χ4v) is 1.67. The van der Waals surface area contributed by atoms with Gasteiger partial charge in [0.15, 0.2) is 0 Å². The number of esters is 1. The molecule has 0 aromatic rings. The number of carbonyl (C=O) groups excluding carboxylic acids is 3. The Morgan fingerprint density at radius 2 is 1.64 bits per heavy atom. The van der Waals surface area contributed by atoms with Crippen LogP contribution in [0, 0.1) is 5.92 Å². The van der Waals surface area contributed by atoms with Crippen LogP contribution in [-0.4, -0.2) is 42.0 Å². The summed E-state index contributed by atoms with van der Waals surface area (Å²) >= 11 is 0. The predicted molar refractivity (Wildman–Crippen MR) is 83.9 cm³/mol. The highest BCUT2D eigenvalue weighted by atomic mass is 16.6. The average Bonchev–Trinajstić information content (AvgIpc) is 2.32. The van der Waals surface area contributed by atoms with Gasteiger partial charge in [-0.15, -0.1) is 0 Å². The predicted octanol–water partition coefficient (Wildman–Crippen LogP) is 0.322. The number of nitrogens with one attached hydrogen (secondary N) is 2. The van der Waals surface area contributed by atoms with Gasteiger partial charge in [0.05, 0.1) is 6.04 Å². The molecule has 22 heavy (non-hydrogen) atoms. The normalized spacial score (nSPS) is 14.2. The Bertz CT molecular complexity index is 400. The molecule has 0 spiro atoms. The quantitative estimate of drug-likeness (QED) is 0.586. The van der Waals surface area contributed by atoms with E-state index in [0.29, 0.717) is 6.42 Å². The van der Waals surface area contributed by atoms with Crippen molar-refractivity contribution in [1.29, 1.82) is 0 Å². The highest BCUT2D eigenvalue weighted by Crippen LogP contribution is 2.07. The molecule has 0 saturated heterocycles. The van der Waals surface area contributed by atoms with Crippen molar-refractivity contribution in [3.05, 3.63) is 0 Å². The van der Waals surface area contributed by atoms with E-state index in [4.69, 9.17) is 10.5 Å². The first kappa shape index (κ1) is 20.4. The van der Waals surface area contributed by atoms with Gasteiger partial charge in [-0.1, -0.05) is 13.8 Å². The molecule has 0 fully saturated rings. The first-order valence-corrected chi connectivity index (χ1v) is 7.48. The van der Waals surface area contributed by atoms with Gasteiger partial charge < -0.3 is 21.1 Å². The van der Waals surface area contributed by atoms with Gasteiger partial charge in [0.1, 0.15) is 18.2 Å². The molecular formula is C15H29N3O4. The summed E-state index contributed by atoms with van der Waals surface area (Å²) in [5.41, 5.74) is 4.88. The fourth-order valence-electron chi connectivity index (χ4n) is 1.67. The molecule has 0 aromatic carbocycles. The molecule has 0 saturated carbocycles. The highest BCUT2D eigenvalue weighted by Gasteiger charge is 2.24. The van der Waals surface area contributed by atoms with Crippen LogP contribution < -0.4 is 16.4 Å². The van der Waals surface area contributed by atoms with E-state index < -0.39 is 35.5 Å². The van der Waals surface area contributed by atoms with Gasteiger partial charge in [0.25, 0.3) is 0 Å². The van der Waals surface area contributed by atoms with Crippen LogP contribution in [0.2, 0.25) is 0 Å². The van der Waals surface area contributed by atoms with E-state index in [1.54, 1.807) is 27.7 Å². The van der Waals surface area contributed by atoms with Crippen LogP contribution in [0.1, 0.15) is 48.0 Å². The smallest absolute Gasteiger partial charge is 0.325 e. The average molecular weight is 315 g/mol. The summed E-state index contributed by atoms with van der Waals surface area (Å²) in [6.45, 7) is 10.4. The molecule has 0 bridgehead atoms. The zero-order valence-corrected chi connectivity index (χ0v) is 14.4. The molecule has 0 aromatic heterocycles. The van der Waals surface area contributed by atoms with Crippen molar-refractivity contribution in [2.24, 2.45) is 11.7 Å².